The van der Waals surface area contributed by atoms with Crippen molar-refractivity contribution >= 4 is 5.91 Å². The molecule has 2 aliphatic rings. The number of aromatic amines is 1. The summed E-state index contributed by atoms with van der Waals surface area (Å²) in [6.45, 7) is 5.24. The zero-order valence-corrected chi connectivity index (χ0v) is 12.9. The molecule has 0 spiro atoms. The molecule has 1 amide bonds. The van der Waals surface area contributed by atoms with Crippen LogP contribution in [0.4, 0.5) is 0 Å². The van der Waals surface area contributed by atoms with Gasteiger partial charge < -0.3 is 14.4 Å². The van der Waals surface area contributed by atoms with Gasteiger partial charge in [0.15, 0.2) is 5.82 Å². The van der Waals surface area contributed by atoms with Crippen molar-refractivity contribution in [1.29, 1.82) is 0 Å². The van der Waals surface area contributed by atoms with Gasteiger partial charge in [-0.1, -0.05) is 11.6 Å². The lowest BCUT2D eigenvalue weighted by atomic mass is 9.80. The van der Waals surface area contributed by atoms with Gasteiger partial charge >= 0.3 is 0 Å². The number of aryl methyl sites for hydroxylation is 2. The standard InChI is InChI=1S/C16H20N4O2/c1-10-13(5-7-17-10)14(21)20-8-12-4-3-6-16(12,9-20)15-18-11(2)19-22-15/h5,7,12,17H,3-4,6,8-9H2,1-2H3/t12-,16-/m0/s1. The molecule has 4 rings (SSSR count). The lowest BCUT2D eigenvalue weighted by Crippen LogP contribution is -2.35. The van der Waals surface area contributed by atoms with Crippen molar-refractivity contribution in [2.45, 2.75) is 38.5 Å². The summed E-state index contributed by atoms with van der Waals surface area (Å²) in [4.78, 5) is 22.3. The molecular formula is C16H20N4O2. The van der Waals surface area contributed by atoms with E-state index in [0.29, 0.717) is 24.2 Å². The number of H-pyrrole nitrogens is 1. The second-order valence-electron chi connectivity index (χ2n) is 6.59. The summed E-state index contributed by atoms with van der Waals surface area (Å²) in [5.41, 5.74) is 1.54. The molecule has 0 bridgehead atoms. The Morgan fingerprint density at radius 2 is 2.36 bits per heavy atom. The minimum Gasteiger partial charge on any atom is -0.365 e. The van der Waals surface area contributed by atoms with Gasteiger partial charge in [0.1, 0.15) is 0 Å². The molecule has 1 N–H and O–H groups in total. The van der Waals surface area contributed by atoms with Crippen molar-refractivity contribution in [2.75, 3.05) is 13.1 Å². The number of nitrogens with zero attached hydrogens (tertiary/aromatic N) is 3. The third-order valence-electron chi connectivity index (χ3n) is 5.30. The quantitative estimate of drug-likeness (QED) is 0.922. The summed E-state index contributed by atoms with van der Waals surface area (Å²) in [7, 11) is 0. The molecule has 6 nitrogen and oxygen atoms in total. The first-order chi connectivity index (χ1) is 10.6. The van der Waals surface area contributed by atoms with Crippen LogP contribution < -0.4 is 0 Å². The van der Waals surface area contributed by atoms with E-state index in [1.54, 1.807) is 0 Å². The Morgan fingerprint density at radius 1 is 1.50 bits per heavy atom. The summed E-state index contributed by atoms with van der Waals surface area (Å²) < 4.78 is 5.49. The van der Waals surface area contributed by atoms with Crippen molar-refractivity contribution in [3.05, 3.63) is 35.2 Å². The van der Waals surface area contributed by atoms with Crippen LogP contribution in [-0.4, -0.2) is 39.0 Å². The number of rotatable bonds is 2. The highest BCUT2D eigenvalue weighted by Gasteiger charge is 2.55. The fraction of sp³-hybridized carbons (Fsp3) is 0.562. The van der Waals surface area contributed by atoms with E-state index in [2.05, 4.69) is 15.1 Å². The van der Waals surface area contributed by atoms with Crippen molar-refractivity contribution in [1.82, 2.24) is 20.0 Å². The molecule has 1 saturated heterocycles. The van der Waals surface area contributed by atoms with E-state index in [0.717, 1.165) is 37.1 Å². The summed E-state index contributed by atoms with van der Waals surface area (Å²) >= 11 is 0. The molecule has 2 atom stereocenters. The maximum absolute atomic E-state index is 12.8. The molecule has 1 aliphatic heterocycles. The minimum absolute atomic E-state index is 0.101. The number of amides is 1. The monoisotopic (exact) mass is 300 g/mol. The summed E-state index contributed by atoms with van der Waals surface area (Å²) in [6.07, 6.45) is 5.13. The molecular weight excluding hydrogens is 280 g/mol. The normalized spacial score (nSPS) is 27.4. The fourth-order valence-electron chi connectivity index (χ4n) is 4.15. The predicted octanol–water partition coefficient (Wildman–Crippen LogP) is 2.21. The smallest absolute Gasteiger partial charge is 0.255 e. The first-order valence-corrected chi connectivity index (χ1v) is 7.84. The number of hydrogen-bond acceptors (Lipinski definition) is 4. The number of carbonyl (C=O) groups is 1. The molecule has 1 saturated carbocycles. The first-order valence-electron chi connectivity index (χ1n) is 7.84. The van der Waals surface area contributed by atoms with E-state index in [-0.39, 0.29) is 11.3 Å². The molecule has 116 valence electrons. The largest absolute Gasteiger partial charge is 0.365 e. The molecule has 0 radical (unpaired) electrons. The van der Waals surface area contributed by atoms with E-state index >= 15 is 0 Å². The van der Waals surface area contributed by atoms with Gasteiger partial charge in [-0.15, -0.1) is 0 Å². The highest BCUT2D eigenvalue weighted by Crippen LogP contribution is 2.50. The minimum atomic E-state index is -0.138. The van der Waals surface area contributed by atoms with Gasteiger partial charge in [-0.05, 0) is 38.7 Å². The third kappa shape index (κ3) is 1.82. The van der Waals surface area contributed by atoms with Crippen LogP contribution >= 0.6 is 0 Å². The number of nitrogens with one attached hydrogen (secondary N) is 1. The Kier molecular flexibility index (Phi) is 2.89. The van der Waals surface area contributed by atoms with E-state index < -0.39 is 0 Å². The number of aromatic nitrogens is 3. The molecule has 2 aromatic heterocycles. The van der Waals surface area contributed by atoms with Crippen LogP contribution in [0.15, 0.2) is 16.8 Å². The summed E-state index contributed by atoms with van der Waals surface area (Å²) in [5, 5.41) is 3.96. The average molecular weight is 300 g/mol. The molecule has 6 heteroatoms. The van der Waals surface area contributed by atoms with Crippen LogP contribution in [0.3, 0.4) is 0 Å². The van der Waals surface area contributed by atoms with Crippen LogP contribution in [0, 0.1) is 19.8 Å². The summed E-state index contributed by atoms with van der Waals surface area (Å²) in [5.74, 6) is 1.91. The fourth-order valence-corrected chi connectivity index (χ4v) is 4.15. The van der Waals surface area contributed by atoms with Crippen LogP contribution in [0.2, 0.25) is 0 Å². The number of carbonyl (C=O) groups excluding carboxylic acids is 1. The molecule has 2 aromatic rings. The van der Waals surface area contributed by atoms with Crippen molar-refractivity contribution in [2.24, 2.45) is 5.92 Å². The molecule has 2 fully saturated rings. The maximum atomic E-state index is 12.8. The van der Waals surface area contributed by atoms with Gasteiger partial charge in [-0.2, -0.15) is 4.98 Å². The Bertz CT molecular complexity index is 719. The lowest BCUT2D eigenvalue weighted by molar-refractivity contribution is 0.0774. The first kappa shape index (κ1) is 13.5. The van der Waals surface area contributed by atoms with Gasteiger partial charge in [0.05, 0.1) is 11.0 Å². The van der Waals surface area contributed by atoms with Crippen LogP contribution in [0.1, 0.15) is 47.0 Å². The Balaban J connectivity index is 1.65. The zero-order valence-electron chi connectivity index (χ0n) is 12.9. The second-order valence-corrected chi connectivity index (χ2v) is 6.59. The number of fused-ring (bicyclic) bond motifs is 1. The zero-order chi connectivity index (χ0) is 15.3. The summed E-state index contributed by atoms with van der Waals surface area (Å²) in [6, 6.07) is 1.86. The van der Waals surface area contributed by atoms with Crippen molar-refractivity contribution in [3.63, 3.8) is 0 Å². The average Bonchev–Trinajstić information content (AvgIpc) is 3.19. The van der Waals surface area contributed by atoms with Crippen LogP contribution in [0.25, 0.3) is 0 Å². The second kappa shape index (κ2) is 4.69. The van der Waals surface area contributed by atoms with Crippen molar-refractivity contribution in [3.8, 4) is 0 Å². The molecule has 1 aliphatic carbocycles. The Labute approximate surface area is 128 Å². The van der Waals surface area contributed by atoms with Gasteiger partial charge in [-0.25, -0.2) is 0 Å². The maximum Gasteiger partial charge on any atom is 0.255 e. The van der Waals surface area contributed by atoms with E-state index in [4.69, 9.17) is 4.52 Å². The Hall–Kier alpha value is -2.11. The van der Waals surface area contributed by atoms with E-state index in [9.17, 15) is 4.79 Å². The Morgan fingerprint density at radius 3 is 3.05 bits per heavy atom. The SMILES string of the molecule is Cc1noc([C@]23CCC[C@H]2CN(C(=O)c2cc[nH]c2C)C3)n1. The van der Waals surface area contributed by atoms with Gasteiger partial charge in [0.25, 0.3) is 5.91 Å². The topological polar surface area (TPSA) is 75.0 Å². The lowest BCUT2D eigenvalue weighted by Gasteiger charge is -2.24. The van der Waals surface area contributed by atoms with Crippen LogP contribution in [0.5, 0.6) is 0 Å². The molecule has 3 heterocycles. The van der Waals surface area contributed by atoms with Crippen molar-refractivity contribution < 1.29 is 9.32 Å². The third-order valence-corrected chi connectivity index (χ3v) is 5.30. The van der Waals surface area contributed by atoms with Gasteiger partial charge in [0, 0.05) is 25.0 Å². The molecule has 22 heavy (non-hydrogen) atoms. The van der Waals surface area contributed by atoms with E-state index in [1.165, 1.54) is 0 Å². The van der Waals surface area contributed by atoms with Gasteiger partial charge in [0.2, 0.25) is 5.89 Å². The predicted molar refractivity (Wildman–Crippen MR) is 79.5 cm³/mol. The molecule has 0 unspecified atom stereocenters. The molecule has 0 aromatic carbocycles. The van der Waals surface area contributed by atoms with E-state index in [1.807, 2.05) is 31.0 Å². The van der Waals surface area contributed by atoms with Gasteiger partial charge in [-0.3, -0.25) is 4.79 Å². The number of hydrogen-bond donors (Lipinski definition) is 1. The highest BCUT2D eigenvalue weighted by molar-refractivity contribution is 5.95. The van der Waals surface area contributed by atoms with Crippen LogP contribution in [-0.2, 0) is 5.41 Å². The highest BCUT2D eigenvalue weighted by atomic mass is 16.5. The number of likely N-dealkylation sites (tertiary alicyclic amines) is 1.